The molecule has 6 rings (SSSR count). The molecule has 2 aliphatic rings. The van der Waals surface area contributed by atoms with Crippen molar-refractivity contribution in [1.82, 2.24) is 19.6 Å². The van der Waals surface area contributed by atoms with Gasteiger partial charge in [-0.1, -0.05) is 114 Å². The second-order valence-electron chi connectivity index (χ2n) is 18.3. The van der Waals surface area contributed by atoms with Gasteiger partial charge < -0.3 is 19.6 Å². The SMILES string of the molecule is CC(=O)N1CCN(C(=O)/C=C/c2ccc(Sc3ccc(/C=C/C(=O)N4CCN(C(C)=O)CC4)c(-c4ccccc4C(C)(C)C)c3[N+](=O)[O-])c([N+](=O)[O-])c2-c2ccccc2C(C)(C)C)CC1. The molecular weight excluding hydrogens is 845 g/mol. The van der Waals surface area contributed by atoms with Crippen LogP contribution in [-0.4, -0.2) is 105 Å². The number of piperazine rings is 2. The molecule has 2 fully saturated rings. The highest BCUT2D eigenvalue weighted by molar-refractivity contribution is 7.99. The maximum atomic E-state index is 13.5. The summed E-state index contributed by atoms with van der Waals surface area (Å²) >= 11 is 0.912. The van der Waals surface area contributed by atoms with E-state index in [0.717, 1.165) is 22.9 Å². The Kier molecular flexibility index (Phi) is 14.5. The Morgan fingerprint density at radius 3 is 1.15 bits per heavy atom. The minimum absolute atomic E-state index is 0.0612. The predicted molar refractivity (Wildman–Crippen MR) is 254 cm³/mol. The van der Waals surface area contributed by atoms with Crippen molar-refractivity contribution in [2.24, 2.45) is 0 Å². The molecule has 4 aromatic rings. The van der Waals surface area contributed by atoms with E-state index in [1.54, 1.807) is 68.1 Å². The fourth-order valence-corrected chi connectivity index (χ4v) is 9.45. The van der Waals surface area contributed by atoms with Crippen molar-refractivity contribution >= 4 is 58.9 Å². The molecule has 0 atom stereocenters. The van der Waals surface area contributed by atoms with E-state index in [0.29, 0.717) is 74.6 Å². The highest BCUT2D eigenvalue weighted by atomic mass is 32.2. The second-order valence-corrected chi connectivity index (χ2v) is 19.4. The monoisotopic (exact) mass is 900 g/mol. The van der Waals surface area contributed by atoms with Crippen molar-refractivity contribution in [1.29, 1.82) is 0 Å². The molecule has 2 aliphatic heterocycles. The summed E-state index contributed by atoms with van der Waals surface area (Å²) in [6.45, 7) is 18.1. The van der Waals surface area contributed by atoms with Gasteiger partial charge in [-0.15, -0.1) is 0 Å². The van der Waals surface area contributed by atoms with Crippen molar-refractivity contribution in [3.63, 3.8) is 0 Å². The number of carbonyl (C=O) groups is 4. The average molecular weight is 901 g/mol. The molecule has 0 saturated carbocycles. The van der Waals surface area contributed by atoms with Crippen LogP contribution in [0, 0.1) is 20.2 Å². The first kappa shape index (κ1) is 47.9. The average Bonchev–Trinajstić information content (AvgIpc) is 3.26. The molecule has 65 heavy (non-hydrogen) atoms. The quantitative estimate of drug-likeness (QED) is 0.0857. The first-order chi connectivity index (χ1) is 30.7. The van der Waals surface area contributed by atoms with Crippen molar-refractivity contribution in [2.45, 2.75) is 76.0 Å². The van der Waals surface area contributed by atoms with Gasteiger partial charge in [-0.3, -0.25) is 39.4 Å². The topological polar surface area (TPSA) is 168 Å². The molecular formula is C50H56N6O8S. The fraction of sp³-hybridized carbons (Fsp3) is 0.360. The Bertz CT molecular complexity index is 2420. The maximum absolute atomic E-state index is 13.5. The van der Waals surface area contributed by atoms with Crippen molar-refractivity contribution in [3.05, 3.63) is 127 Å². The summed E-state index contributed by atoms with van der Waals surface area (Å²) in [5.74, 6) is -0.716. The van der Waals surface area contributed by atoms with Gasteiger partial charge in [0.05, 0.1) is 30.8 Å². The summed E-state index contributed by atoms with van der Waals surface area (Å²) in [6, 6.07) is 21.3. The van der Waals surface area contributed by atoms with Crippen molar-refractivity contribution < 1.29 is 29.0 Å². The molecule has 0 spiro atoms. The van der Waals surface area contributed by atoms with Crippen LogP contribution >= 0.6 is 11.8 Å². The van der Waals surface area contributed by atoms with Crippen LogP contribution in [0.25, 0.3) is 34.4 Å². The Hall–Kier alpha value is -6.61. The molecule has 2 heterocycles. The van der Waals surface area contributed by atoms with Gasteiger partial charge in [-0.2, -0.15) is 0 Å². The minimum Gasteiger partial charge on any atom is -0.339 e. The number of hydrogen-bond donors (Lipinski definition) is 0. The zero-order chi connectivity index (χ0) is 47.4. The van der Waals surface area contributed by atoms with Gasteiger partial charge in [0.25, 0.3) is 11.4 Å². The van der Waals surface area contributed by atoms with Crippen LogP contribution in [0.1, 0.15) is 77.6 Å². The molecule has 2 saturated heterocycles. The normalized spacial score (nSPS) is 14.9. The second kappa shape index (κ2) is 19.6. The lowest BCUT2D eigenvalue weighted by Crippen LogP contribution is -2.49. The van der Waals surface area contributed by atoms with E-state index in [4.69, 9.17) is 0 Å². The van der Waals surface area contributed by atoms with E-state index in [9.17, 15) is 39.4 Å². The van der Waals surface area contributed by atoms with Crippen molar-refractivity contribution in [3.8, 4) is 22.3 Å². The van der Waals surface area contributed by atoms with Crippen LogP contribution in [0.5, 0.6) is 0 Å². The van der Waals surface area contributed by atoms with Gasteiger partial charge in [-0.05, 0) is 68.5 Å². The van der Waals surface area contributed by atoms with E-state index >= 15 is 0 Å². The third kappa shape index (κ3) is 10.8. The smallest absolute Gasteiger partial charge is 0.291 e. The van der Waals surface area contributed by atoms with Gasteiger partial charge >= 0.3 is 0 Å². The third-order valence-corrected chi connectivity index (χ3v) is 12.9. The van der Waals surface area contributed by atoms with Gasteiger partial charge in [-0.25, -0.2) is 0 Å². The molecule has 0 unspecified atom stereocenters. The van der Waals surface area contributed by atoms with E-state index in [1.165, 1.54) is 26.0 Å². The van der Waals surface area contributed by atoms with Gasteiger partial charge in [0.2, 0.25) is 23.6 Å². The number of benzene rings is 4. The van der Waals surface area contributed by atoms with E-state index in [2.05, 4.69) is 0 Å². The van der Waals surface area contributed by atoms with Gasteiger partial charge in [0, 0.05) is 78.4 Å². The number of carbonyl (C=O) groups excluding carboxylic acids is 4. The Labute approximate surface area is 384 Å². The lowest BCUT2D eigenvalue weighted by molar-refractivity contribution is -0.387. The Morgan fingerprint density at radius 2 is 0.846 bits per heavy atom. The predicted octanol–water partition coefficient (Wildman–Crippen LogP) is 8.99. The number of rotatable bonds is 10. The van der Waals surface area contributed by atoms with Crippen LogP contribution in [0.3, 0.4) is 0 Å². The molecule has 0 N–H and O–H groups in total. The first-order valence-electron chi connectivity index (χ1n) is 21.6. The summed E-state index contributed by atoms with van der Waals surface area (Å²) in [5, 5.41) is 27.0. The molecule has 4 aromatic carbocycles. The summed E-state index contributed by atoms with van der Waals surface area (Å²) in [6.07, 6.45) is 5.94. The molecule has 0 aliphatic carbocycles. The van der Waals surface area contributed by atoms with Crippen LogP contribution in [-0.2, 0) is 30.0 Å². The minimum atomic E-state index is -0.474. The third-order valence-electron chi connectivity index (χ3n) is 11.8. The number of amides is 4. The van der Waals surface area contributed by atoms with Crippen LogP contribution in [0.4, 0.5) is 11.4 Å². The summed E-state index contributed by atoms with van der Waals surface area (Å²) in [5.41, 5.74) is 2.70. The largest absolute Gasteiger partial charge is 0.339 e. The van der Waals surface area contributed by atoms with Gasteiger partial charge in [0.1, 0.15) is 0 Å². The summed E-state index contributed by atoms with van der Waals surface area (Å²) in [7, 11) is 0. The number of nitrogens with zero attached hydrogens (tertiary/aromatic N) is 6. The maximum Gasteiger partial charge on any atom is 0.291 e. The molecule has 0 radical (unpaired) electrons. The number of nitro groups is 2. The molecule has 340 valence electrons. The van der Waals surface area contributed by atoms with E-state index in [-0.39, 0.29) is 55.9 Å². The standard InChI is InChI=1S/C50H56N6O8S/c1-33(57)51-25-29-53(30-26-51)43(59)23-19-35-17-21-41(47(55(61)62)45(35)37-13-9-11-15-39(37)49(3,4)5)65-42-22-18-36(20-24-44(60)54-31-27-52(28-32-54)34(2)58)46(48(42)56(63)64)38-14-10-12-16-40(38)50(6,7)8/h9-24H,25-32H2,1-8H3/b23-19+,24-20+. The zero-order valence-electron chi connectivity index (χ0n) is 38.3. The molecule has 14 nitrogen and oxygen atoms in total. The summed E-state index contributed by atoms with van der Waals surface area (Å²) in [4.78, 5) is 83.8. The number of nitro benzene ring substituents is 2. The van der Waals surface area contributed by atoms with Crippen LogP contribution < -0.4 is 0 Å². The highest BCUT2D eigenvalue weighted by Crippen LogP contribution is 2.50. The van der Waals surface area contributed by atoms with Crippen LogP contribution in [0.2, 0.25) is 0 Å². The fourth-order valence-electron chi connectivity index (χ4n) is 8.39. The Balaban J connectivity index is 1.51. The van der Waals surface area contributed by atoms with Crippen molar-refractivity contribution in [2.75, 3.05) is 52.4 Å². The number of hydrogen-bond acceptors (Lipinski definition) is 9. The van der Waals surface area contributed by atoms with E-state index < -0.39 is 20.7 Å². The van der Waals surface area contributed by atoms with Crippen LogP contribution in [0.15, 0.2) is 94.7 Å². The molecule has 0 bridgehead atoms. The molecule has 15 heteroatoms. The lowest BCUT2D eigenvalue weighted by atomic mass is 9.80. The van der Waals surface area contributed by atoms with Gasteiger partial charge in [0.15, 0.2) is 0 Å². The zero-order valence-corrected chi connectivity index (χ0v) is 39.1. The molecule has 0 aromatic heterocycles. The Morgan fingerprint density at radius 1 is 0.523 bits per heavy atom. The highest BCUT2D eigenvalue weighted by Gasteiger charge is 2.33. The summed E-state index contributed by atoms with van der Waals surface area (Å²) < 4.78 is 0. The van der Waals surface area contributed by atoms with E-state index in [1.807, 2.05) is 77.9 Å². The molecule has 4 amide bonds. The first-order valence-corrected chi connectivity index (χ1v) is 22.4. The lowest BCUT2D eigenvalue weighted by Gasteiger charge is -2.33.